The minimum absolute atomic E-state index is 0.0151. The average Bonchev–Trinajstić information content (AvgIpc) is 3.35. The standard InChI is InChI=1S/C21H21N5O2/c27-20-10-16(13-26(20)14-17-8-4-5-9-22-17)21(28)23-12-18-11-19(25-24-18)15-6-2-1-3-7-15/h1-9,11,16H,10,12-14H2,(H,23,28)(H,24,25)/t16-/m0/s1. The van der Waals surface area contributed by atoms with Crippen LogP contribution in [0.15, 0.2) is 60.8 Å². The van der Waals surface area contributed by atoms with Crippen LogP contribution in [0.2, 0.25) is 0 Å². The molecule has 28 heavy (non-hydrogen) atoms. The van der Waals surface area contributed by atoms with Gasteiger partial charge in [0.25, 0.3) is 0 Å². The summed E-state index contributed by atoms with van der Waals surface area (Å²) in [5.41, 5.74) is 3.50. The summed E-state index contributed by atoms with van der Waals surface area (Å²) in [4.78, 5) is 30.7. The first-order valence-corrected chi connectivity index (χ1v) is 9.24. The minimum atomic E-state index is -0.340. The lowest BCUT2D eigenvalue weighted by Gasteiger charge is -2.16. The molecule has 142 valence electrons. The van der Waals surface area contributed by atoms with Crippen molar-refractivity contribution in [2.24, 2.45) is 5.92 Å². The predicted molar refractivity (Wildman–Crippen MR) is 104 cm³/mol. The number of aromatic amines is 1. The van der Waals surface area contributed by atoms with E-state index in [9.17, 15) is 9.59 Å². The van der Waals surface area contributed by atoms with Crippen LogP contribution in [0.4, 0.5) is 0 Å². The molecule has 0 spiro atoms. The van der Waals surface area contributed by atoms with E-state index in [-0.39, 0.29) is 24.2 Å². The lowest BCUT2D eigenvalue weighted by molar-refractivity contribution is -0.129. The first-order chi connectivity index (χ1) is 13.7. The normalized spacial score (nSPS) is 16.4. The number of aromatic nitrogens is 3. The summed E-state index contributed by atoms with van der Waals surface area (Å²) < 4.78 is 0. The van der Waals surface area contributed by atoms with Gasteiger partial charge in [-0.05, 0) is 18.2 Å². The third kappa shape index (κ3) is 4.09. The summed E-state index contributed by atoms with van der Waals surface area (Å²) in [5.74, 6) is -0.473. The molecule has 1 fully saturated rings. The van der Waals surface area contributed by atoms with Crippen LogP contribution in [-0.4, -0.2) is 38.4 Å². The zero-order valence-corrected chi connectivity index (χ0v) is 15.3. The third-order valence-electron chi connectivity index (χ3n) is 4.82. The largest absolute Gasteiger partial charge is 0.350 e. The lowest BCUT2D eigenvalue weighted by Crippen LogP contribution is -2.32. The van der Waals surface area contributed by atoms with Gasteiger partial charge in [-0.2, -0.15) is 5.10 Å². The van der Waals surface area contributed by atoms with Gasteiger partial charge in [0.2, 0.25) is 11.8 Å². The Morgan fingerprint density at radius 1 is 1.18 bits per heavy atom. The minimum Gasteiger partial charge on any atom is -0.350 e. The lowest BCUT2D eigenvalue weighted by atomic mass is 10.1. The maximum Gasteiger partial charge on any atom is 0.225 e. The molecule has 0 unspecified atom stereocenters. The summed E-state index contributed by atoms with van der Waals surface area (Å²) in [5, 5.41) is 10.1. The molecular formula is C21H21N5O2. The Balaban J connectivity index is 1.31. The number of amides is 2. The second-order valence-corrected chi connectivity index (χ2v) is 6.86. The molecule has 0 bridgehead atoms. The summed E-state index contributed by atoms with van der Waals surface area (Å²) in [6, 6.07) is 17.4. The zero-order chi connectivity index (χ0) is 19.3. The van der Waals surface area contributed by atoms with E-state index in [4.69, 9.17) is 0 Å². The van der Waals surface area contributed by atoms with E-state index >= 15 is 0 Å². The monoisotopic (exact) mass is 375 g/mol. The fourth-order valence-electron chi connectivity index (χ4n) is 3.32. The van der Waals surface area contributed by atoms with Gasteiger partial charge < -0.3 is 10.2 Å². The van der Waals surface area contributed by atoms with Gasteiger partial charge in [0.15, 0.2) is 0 Å². The van der Waals surface area contributed by atoms with Crippen molar-refractivity contribution in [2.75, 3.05) is 6.54 Å². The molecule has 1 aliphatic heterocycles. The van der Waals surface area contributed by atoms with Crippen molar-refractivity contribution < 1.29 is 9.59 Å². The molecule has 1 aromatic carbocycles. The van der Waals surface area contributed by atoms with Gasteiger partial charge in [-0.3, -0.25) is 19.7 Å². The number of likely N-dealkylation sites (tertiary alicyclic amines) is 1. The molecule has 2 N–H and O–H groups in total. The summed E-state index contributed by atoms with van der Waals surface area (Å²) >= 11 is 0. The molecule has 0 saturated carbocycles. The quantitative estimate of drug-likeness (QED) is 0.691. The summed E-state index contributed by atoms with van der Waals surface area (Å²) in [6.45, 7) is 1.20. The summed E-state index contributed by atoms with van der Waals surface area (Å²) in [7, 11) is 0. The number of carbonyl (C=O) groups is 2. The number of nitrogens with one attached hydrogen (secondary N) is 2. The predicted octanol–water partition coefficient (Wildman–Crippen LogP) is 2.14. The molecule has 0 aliphatic carbocycles. The van der Waals surface area contributed by atoms with Gasteiger partial charge in [0.1, 0.15) is 0 Å². The number of H-pyrrole nitrogens is 1. The SMILES string of the molecule is O=C(NCc1cc(-c2ccccc2)n[nH]1)[C@H]1CC(=O)N(Cc2ccccn2)C1. The Hall–Kier alpha value is -3.48. The summed E-state index contributed by atoms with van der Waals surface area (Å²) in [6.07, 6.45) is 1.94. The molecule has 0 radical (unpaired) electrons. The number of hydrogen-bond donors (Lipinski definition) is 2. The van der Waals surface area contributed by atoms with Gasteiger partial charge >= 0.3 is 0 Å². The van der Waals surface area contributed by atoms with E-state index in [1.165, 1.54) is 0 Å². The van der Waals surface area contributed by atoms with E-state index in [0.717, 1.165) is 22.6 Å². The average molecular weight is 375 g/mol. The van der Waals surface area contributed by atoms with E-state index in [2.05, 4.69) is 20.5 Å². The fourth-order valence-corrected chi connectivity index (χ4v) is 3.32. The van der Waals surface area contributed by atoms with Crippen molar-refractivity contribution in [3.8, 4) is 11.3 Å². The first-order valence-electron chi connectivity index (χ1n) is 9.24. The van der Waals surface area contributed by atoms with E-state index in [1.807, 2.05) is 54.6 Å². The molecule has 3 aromatic rings. The Morgan fingerprint density at radius 2 is 2.00 bits per heavy atom. The second-order valence-electron chi connectivity index (χ2n) is 6.86. The molecule has 3 heterocycles. The highest BCUT2D eigenvalue weighted by atomic mass is 16.2. The van der Waals surface area contributed by atoms with Crippen molar-refractivity contribution in [2.45, 2.75) is 19.5 Å². The molecular weight excluding hydrogens is 354 g/mol. The Kier molecular flexibility index (Phi) is 5.14. The maximum absolute atomic E-state index is 12.5. The highest BCUT2D eigenvalue weighted by molar-refractivity contribution is 5.89. The Bertz CT molecular complexity index is 955. The number of benzene rings is 1. The van der Waals surface area contributed by atoms with Crippen molar-refractivity contribution in [3.05, 3.63) is 72.2 Å². The number of carbonyl (C=O) groups excluding carboxylic acids is 2. The van der Waals surface area contributed by atoms with Crippen LogP contribution in [0.5, 0.6) is 0 Å². The Labute approximate surface area is 162 Å². The van der Waals surface area contributed by atoms with Gasteiger partial charge in [-0.1, -0.05) is 36.4 Å². The molecule has 7 heteroatoms. The van der Waals surface area contributed by atoms with Crippen molar-refractivity contribution in [3.63, 3.8) is 0 Å². The molecule has 1 atom stereocenters. The van der Waals surface area contributed by atoms with Crippen LogP contribution in [0.1, 0.15) is 17.8 Å². The molecule has 1 saturated heterocycles. The van der Waals surface area contributed by atoms with Crippen molar-refractivity contribution in [1.29, 1.82) is 0 Å². The smallest absolute Gasteiger partial charge is 0.225 e. The first kappa shape index (κ1) is 17.9. The molecule has 4 rings (SSSR count). The third-order valence-corrected chi connectivity index (χ3v) is 4.82. The van der Waals surface area contributed by atoms with Crippen molar-refractivity contribution >= 4 is 11.8 Å². The van der Waals surface area contributed by atoms with Crippen LogP contribution in [-0.2, 0) is 22.7 Å². The van der Waals surface area contributed by atoms with Crippen LogP contribution >= 0.6 is 0 Å². The zero-order valence-electron chi connectivity index (χ0n) is 15.3. The van der Waals surface area contributed by atoms with Crippen LogP contribution in [0.25, 0.3) is 11.3 Å². The Morgan fingerprint density at radius 3 is 2.79 bits per heavy atom. The number of hydrogen-bond acceptors (Lipinski definition) is 4. The van der Waals surface area contributed by atoms with Crippen LogP contribution < -0.4 is 5.32 Å². The highest BCUT2D eigenvalue weighted by Gasteiger charge is 2.34. The maximum atomic E-state index is 12.5. The highest BCUT2D eigenvalue weighted by Crippen LogP contribution is 2.20. The molecule has 1 aliphatic rings. The van der Waals surface area contributed by atoms with E-state index < -0.39 is 0 Å². The van der Waals surface area contributed by atoms with E-state index in [0.29, 0.717) is 19.6 Å². The fraction of sp³-hybridized carbons (Fsp3) is 0.238. The second kappa shape index (κ2) is 8.04. The molecule has 7 nitrogen and oxygen atoms in total. The number of nitrogens with zero attached hydrogens (tertiary/aromatic N) is 3. The number of rotatable bonds is 6. The number of pyridine rings is 1. The topological polar surface area (TPSA) is 91.0 Å². The molecule has 2 amide bonds. The van der Waals surface area contributed by atoms with Gasteiger partial charge in [-0.15, -0.1) is 0 Å². The van der Waals surface area contributed by atoms with E-state index in [1.54, 1.807) is 11.1 Å². The van der Waals surface area contributed by atoms with Gasteiger partial charge in [0.05, 0.1) is 36.1 Å². The van der Waals surface area contributed by atoms with Gasteiger partial charge in [-0.25, -0.2) is 0 Å². The van der Waals surface area contributed by atoms with Crippen LogP contribution in [0, 0.1) is 5.92 Å². The van der Waals surface area contributed by atoms with Gasteiger partial charge in [0, 0.05) is 24.7 Å². The molecule has 2 aromatic heterocycles. The van der Waals surface area contributed by atoms with Crippen LogP contribution in [0.3, 0.4) is 0 Å². The van der Waals surface area contributed by atoms with Crippen molar-refractivity contribution in [1.82, 2.24) is 25.4 Å².